The fourth-order valence-corrected chi connectivity index (χ4v) is 3.90. The second-order valence-electron chi connectivity index (χ2n) is 7.52. The molecule has 0 bridgehead atoms. The standard InChI is InChI=1S/C25H23N5O2/c26-20-10-5-11-21(27)25(20)22-15-24(29-16-28-22)30-23(12-13-31-30)17-6-4-9-19(14-17)32-18-7-2-1-3-8-18/h1-11,14-16,23H,12-13,26-27H2. The van der Waals surface area contributed by atoms with Crippen LogP contribution in [0.1, 0.15) is 18.0 Å². The highest BCUT2D eigenvalue weighted by atomic mass is 16.7. The molecule has 7 heteroatoms. The molecule has 1 fully saturated rings. The van der Waals surface area contributed by atoms with Gasteiger partial charge in [-0.1, -0.05) is 36.4 Å². The van der Waals surface area contributed by atoms with Gasteiger partial charge in [0.1, 0.15) is 17.8 Å². The minimum Gasteiger partial charge on any atom is -0.457 e. The molecular weight excluding hydrogens is 402 g/mol. The highest BCUT2D eigenvalue weighted by molar-refractivity contribution is 5.85. The third kappa shape index (κ3) is 3.93. The lowest BCUT2D eigenvalue weighted by Gasteiger charge is -2.24. The van der Waals surface area contributed by atoms with Crippen LogP contribution in [0.3, 0.4) is 0 Å². The minimum absolute atomic E-state index is 0.0115. The molecule has 1 unspecified atom stereocenters. The maximum absolute atomic E-state index is 6.16. The largest absolute Gasteiger partial charge is 0.457 e. The van der Waals surface area contributed by atoms with Crippen LogP contribution in [-0.4, -0.2) is 16.6 Å². The molecule has 7 nitrogen and oxygen atoms in total. The molecule has 1 aliphatic heterocycles. The van der Waals surface area contributed by atoms with Crippen molar-refractivity contribution in [3.63, 3.8) is 0 Å². The summed E-state index contributed by atoms with van der Waals surface area (Å²) in [6.07, 6.45) is 2.33. The Morgan fingerprint density at radius 3 is 2.41 bits per heavy atom. The maximum Gasteiger partial charge on any atom is 0.157 e. The van der Waals surface area contributed by atoms with E-state index in [1.54, 1.807) is 12.1 Å². The normalized spacial score (nSPS) is 15.6. The Bertz CT molecular complexity index is 1210. The summed E-state index contributed by atoms with van der Waals surface area (Å²) in [6.45, 7) is 0.587. The van der Waals surface area contributed by atoms with Crippen LogP contribution in [0.25, 0.3) is 11.3 Å². The lowest BCUT2D eigenvalue weighted by atomic mass is 10.0. The van der Waals surface area contributed by atoms with Gasteiger partial charge in [-0.05, 0) is 42.0 Å². The average molecular weight is 425 g/mol. The summed E-state index contributed by atoms with van der Waals surface area (Å²) in [6, 6.07) is 25.0. The Labute approximate surface area is 186 Å². The molecular formula is C25H23N5O2. The maximum atomic E-state index is 6.16. The van der Waals surface area contributed by atoms with Crippen molar-refractivity contribution in [2.24, 2.45) is 0 Å². The van der Waals surface area contributed by atoms with Gasteiger partial charge < -0.3 is 16.2 Å². The molecule has 0 radical (unpaired) electrons. The third-order valence-corrected chi connectivity index (χ3v) is 5.39. The van der Waals surface area contributed by atoms with Crippen molar-refractivity contribution in [3.8, 4) is 22.8 Å². The van der Waals surface area contributed by atoms with Gasteiger partial charge in [0.25, 0.3) is 0 Å². The lowest BCUT2D eigenvalue weighted by Crippen LogP contribution is -2.22. The fraction of sp³-hybridized carbons (Fsp3) is 0.120. The Balaban J connectivity index is 1.44. The van der Waals surface area contributed by atoms with E-state index < -0.39 is 0 Å². The minimum atomic E-state index is -0.0115. The molecule has 0 saturated carbocycles. The molecule has 1 saturated heterocycles. The molecule has 2 heterocycles. The number of nitrogen functional groups attached to an aromatic ring is 2. The van der Waals surface area contributed by atoms with E-state index in [0.717, 1.165) is 23.5 Å². The van der Waals surface area contributed by atoms with Gasteiger partial charge in [-0.25, -0.2) is 15.0 Å². The number of benzene rings is 3. The van der Waals surface area contributed by atoms with Gasteiger partial charge in [-0.15, -0.1) is 0 Å². The number of anilines is 3. The zero-order chi connectivity index (χ0) is 21.9. The van der Waals surface area contributed by atoms with Crippen molar-refractivity contribution in [1.29, 1.82) is 0 Å². The first-order valence-corrected chi connectivity index (χ1v) is 10.4. The van der Waals surface area contributed by atoms with E-state index in [1.165, 1.54) is 6.33 Å². The van der Waals surface area contributed by atoms with Crippen LogP contribution >= 0.6 is 0 Å². The van der Waals surface area contributed by atoms with E-state index in [9.17, 15) is 0 Å². The summed E-state index contributed by atoms with van der Waals surface area (Å²) < 4.78 is 6.01. The zero-order valence-corrected chi connectivity index (χ0v) is 17.4. The number of rotatable bonds is 5. The number of aromatic nitrogens is 2. The molecule has 5 rings (SSSR count). The summed E-state index contributed by atoms with van der Waals surface area (Å²) in [4.78, 5) is 14.8. The smallest absolute Gasteiger partial charge is 0.157 e. The first kappa shape index (κ1) is 19.8. The predicted molar refractivity (Wildman–Crippen MR) is 125 cm³/mol. The first-order chi connectivity index (χ1) is 15.7. The SMILES string of the molecule is Nc1cccc(N)c1-c1cc(N2OCCC2c2cccc(Oc3ccccc3)c2)ncn1. The van der Waals surface area contributed by atoms with Crippen LogP contribution < -0.4 is 21.3 Å². The molecule has 0 amide bonds. The van der Waals surface area contributed by atoms with Crippen molar-refractivity contribution in [2.45, 2.75) is 12.5 Å². The topological polar surface area (TPSA) is 99.5 Å². The number of hydroxylamine groups is 1. The van der Waals surface area contributed by atoms with Crippen molar-refractivity contribution in [2.75, 3.05) is 23.1 Å². The summed E-state index contributed by atoms with van der Waals surface area (Å²) in [7, 11) is 0. The number of para-hydroxylation sites is 1. The second-order valence-corrected chi connectivity index (χ2v) is 7.52. The molecule has 1 atom stereocenters. The molecule has 4 N–H and O–H groups in total. The highest BCUT2D eigenvalue weighted by Crippen LogP contribution is 2.38. The number of nitrogens with two attached hydrogens (primary N) is 2. The van der Waals surface area contributed by atoms with Gasteiger partial charge in [0.2, 0.25) is 0 Å². The number of ether oxygens (including phenoxy) is 1. The van der Waals surface area contributed by atoms with Crippen molar-refractivity contribution >= 4 is 17.2 Å². The van der Waals surface area contributed by atoms with Gasteiger partial charge >= 0.3 is 0 Å². The van der Waals surface area contributed by atoms with Gasteiger partial charge in [0.15, 0.2) is 5.82 Å². The Hall–Kier alpha value is -4.10. The molecule has 1 aromatic heterocycles. The van der Waals surface area contributed by atoms with Crippen LogP contribution in [0.2, 0.25) is 0 Å². The molecule has 0 spiro atoms. The van der Waals surface area contributed by atoms with E-state index in [2.05, 4.69) is 16.0 Å². The van der Waals surface area contributed by atoms with E-state index in [0.29, 0.717) is 35.1 Å². The van der Waals surface area contributed by atoms with E-state index in [1.807, 2.05) is 65.7 Å². The zero-order valence-electron chi connectivity index (χ0n) is 17.4. The lowest BCUT2D eigenvalue weighted by molar-refractivity contribution is 0.157. The average Bonchev–Trinajstić information content (AvgIpc) is 3.30. The second kappa shape index (κ2) is 8.56. The van der Waals surface area contributed by atoms with Crippen LogP contribution in [-0.2, 0) is 4.84 Å². The molecule has 160 valence electrons. The quantitative estimate of drug-likeness (QED) is 0.435. The van der Waals surface area contributed by atoms with Gasteiger partial charge in [-0.2, -0.15) is 0 Å². The number of hydrogen-bond donors (Lipinski definition) is 2. The predicted octanol–water partition coefficient (Wildman–Crippen LogP) is 4.98. The van der Waals surface area contributed by atoms with Gasteiger partial charge in [0.05, 0.1) is 18.3 Å². The third-order valence-electron chi connectivity index (χ3n) is 5.39. The van der Waals surface area contributed by atoms with E-state index in [-0.39, 0.29) is 6.04 Å². The Morgan fingerprint density at radius 2 is 1.59 bits per heavy atom. The van der Waals surface area contributed by atoms with E-state index in [4.69, 9.17) is 21.0 Å². The van der Waals surface area contributed by atoms with Crippen molar-refractivity contribution in [1.82, 2.24) is 9.97 Å². The number of hydrogen-bond acceptors (Lipinski definition) is 7. The summed E-state index contributed by atoms with van der Waals surface area (Å²) in [5.41, 5.74) is 15.9. The van der Waals surface area contributed by atoms with Crippen LogP contribution in [0.15, 0.2) is 85.2 Å². The summed E-state index contributed by atoms with van der Waals surface area (Å²) in [5, 5.41) is 1.82. The molecule has 4 aromatic rings. The fourth-order valence-electron chi connectivity index (χ4n) is 3.90. The van der Waals surface area contributed by atoms with Crippen molar-refractivity contribution in [3.05, 3.63) is 90.8 Å². The van der Waals surface area contributed by atoms with Crippen LogP contribution in [0, 0.1) is 0 Å². The molecule has 3 aromatic carbocycles. The number of nitrogens with zero attached hydrogens (tertiary/aromatic N) is 3. The van der Waals surface area contributed by atoms with Gasteiger partial charge in [0, 0.05) is 29.4 Å². The summed E-state index contributed by atoms with van der Waals surface area (Å²) >= 11 is 0. The van der Waals surface area contributed by atoms with Gasteiger partial charge in [-0.3, -0.25) is 4.84 Å². The highest BCUT2D eigenvalue weighted by Gasteiger charge is 2.29. The molecule has 32 heavy (non-hydrogen) atoms. The molecule has 1 aliphatic rings. The monoisotopic (exact) mass is 425 g/mol. The van der Waals surface area contributed by atoms with Crippen molar-refractivity contribution < 1.29 is 9.57 Å². The van der Waals surface area contributed by atoms with Crippen LogP contribution in [0.5, 0.6) is 11.5 Å². The Morgan fingerprint density at radius 1 is 0.844 bits per heavy atom. The summed E-state index contributed by atoms with van der Waals surface area (Å²) in [5.74, 6) is 2.21. The first-order valence-electron chi connectivity index (χ1n) is 10.4. The van der Waals surface area contributed by atoms with E-state index >= 15 is 0 Å². The Kier molecular flexibility index (Phi) is 5.31. The van der Waals surface area contributed by atoms with Crippen LogP contribution in [0.4, 0.5) is 17.2 Å². The molecule has 0 aliphatic carbocycles.